The van der Waals surface area contributed by atoms with Gasteiger partial charge < -0.3 is 10.2 Å². The largest absolute Gasteiger partial charge is 0.481 e. The number of carbonyl (C=O) groups excluding carboxylic acids is 1. The van der Waals surface area contributed by atoms with Gasteiger partial charge in [0.15, 0.2) is 5.78 Å². The molecule has 2 unspecified atom stereocenters. The van der Waals surface area contributed by atoms with Crippen molar-refractivity contribution >= 4 is 11.8 Å². The Hall–Kier alpha value is -1.68. The number of rotatable bonds is 12. The molecular formula is C22H34O4. The monoisotopic (exact) mass is 362 g/mol. The molecule has 0 aromatic rings. The summed E-state index contributed by atoms with van der Waals surface area (Å²) in [5.74, 6) is -0.676. The van der Waals surface area contributed by atoms with Crippen LogP contribution in [0.3, 0.4) is 0 Å². The van der Waals surface area contributed by atoms with Crippen molar-refractivity contribution in [3.63, 3.8) is 0 Å². The van der Waals surface area contributed by atoms with Gasteiger partial charge in [0.05, 0.1) is 6.10 Å². The van der Waals surface area contributed by atoms with Gasteiger partial charge in [0.25, 0.3) is 0 Å². The number of carboxylic acid groups (broad SMARTS) is 1. The van der Waals surface area contributed by atoms with Crippen LogP contribution < -0.4 is 0 Å². The van der Waals surface area contributed by atoms with Crippen molar-refractivity contribution in [3.8, 4) is 0 Å². The van der Waals surface area contributed by atoms with Gasteiger partial charge in [-0.05, 0) is 43.6 Å². The summed E-state index contributed by atoms with van der Waals surface area (Å²) in [6.45, 7) is 6.31. The third-order valence-corrected chi connectivity index (χ3v) is 5.12. The normalized spacial score (nSPS) is 20.4. The molecule has 0 bridgehead atoms. The zero-order chi connectivity index (χ0) is 19.6. The Morgan fingerprint density at radius 2 is 2.04 bits per heavy atom. The number of hydrogen-bond acceptors (Lipinski definition) is 3. The molecule has 0 amide bonds. The highest BCUT2D eigenvalue weighted by molar-refractivity contribution is 6.07. The quantitative estimate of drug-likeness (QED) is 0.296. The first-order valence-corrected chi connectivity index (χ1v) is 9.75. The molecule has 0 aliphatic heterocycles. The van der Waals surface area contributed by atoms with Crippen LogP contribution >= 0.6 is 0 Å². The van der Waals surface area contributed by atoms with Crippen molar-refractivity contribution in [1.82, 2.24) is 0 Å². The van der Waals surface area contributed by atoms with Crippen LogP contribution in [0, 0.1) is 11.3 Å². The highest BCUT2D eigenvalue weighted by atomic mass is 16.4. The maximum Gasteiger partial charge on any atom is 0.303 e. The SMILES string of the molecule is CCCCC(C)(C)C(O)C/C=C1/C(=O)C=CC1C/C=C\CCCC(=O)O. The van der Waals surface area contributed by atoms with E-state index in [0.29, 0.717) is 12.8 Å². The Balaban J connectivity index is 2.54. The lowest BCUT2D eigenvalue weighted by atomic mass is 9.79. The summed E-state index contributed by atoms with van der Waals surface area (Å²) < 4.78 is 0. The van der Waals surface area contributed by atoms with Gasteiger partial charge >= 0.3 is 5.97 Å². The minimum Gasteiger partial charge on any atom is -0.481 e. The third-order valence-electron chi connectivity index (χ3n) is 5.12. The van der Waals surface area contributed by atoms with E-state index in [9.17, 15) is 14.7 Å². The lowest BCUT2D eigenvalue weighted by Crippen LogP contribution is -2.29. The average molecular weight is 363 g/mol. The molecular weight excluding hydrogens is 328 g/mol. The molecule has 0 spiro atoms. The second kappa shape index (κ2) is 11.1. The molecule has 2 atom stereocenters. The van der Waals surface area contributed by atoms with E-state index in [1.54, 1.807) is 6.08 Å². The Labute approximate surface area is 157 Å². The van der Waals surface area contributed by atoms with Gasteiger partial charge in [-0.3, -0.25) is 9.59 Å². The van der Waals surface area contributed by atoms with Crippen LogP contribution in [0.25, 0.3) is 0 Å². The Bertz CT molecular complexity index is 554. The Morgan fingerprint density at radius 3 is 2.69 bits per heavy atom. The topological polar surface area (TPSA) is 74.6 Å². The molecule has 0 saturated carbocycles. The first kappa shape index (κ1) is 22.4. The number of unbranched alkanes of at least 4 members (excludes halogenated alkanes) is 2. The van der Waals surface area contributed by atoms with Crippen molar-refractivity contribution in [1.29, 1.82) is 0 Å². The number of ketones is 1. The van der Waals surface area contributed by atoms with E-state index in [-0.39, 0.29) is 23.5 Å². The fourth-order valence-electron chi connectivity index (χ4n) is 3.13. The van der Waals surface area contributed by atoms with Gasteiger partial charge in [-0.15, -0.1) is 0 Å². The van der Waals surface area contributed by atoms with E-state index >= 15 is 0 Å². The number of carbonyl (C=O) groups is 2. The van der Waals surface area contributed by atoms with E-state index < -0.39 is 12.1 Å². The fourth-order valence-corrected chi connectivity index (χ4v) is 3.13. The molecule has 1 aliphatic rings. The van der Waals surface area contributed by atoms with Crippen molar-refractivity contribution in [2.24, 2.45) is 11.3 Å². The van der Waals surface area contributed by atoms with Gasteiger partial charge in [-0.2, -0.15) is 0 Å². The number of allylic oxidation sites excluding steroid dienone is 5. The summed E-state index contributed by atoms with van der Waals surface area (Å²) in [4.78, 5) is 22.6. The van der Waals surface area contributed by atoms with E-state index in [1.807, 2.05) is 24.3 Å². The smallest absolute Gasteiger partial charge is 0.303 e. The maximum atomic E-state index is 12.1. The predicted molar refractivity (Wildman–Crippen MR) is 105 cm³/mol. The van der Waals surface area contributed by atoms with E-state index in [2.05, 4.69) is 20.8 Å². The number of aliphatic hydroxyl groups excluding tert-OH is 1. The molecule has 4 heteroatoms. The molecule has 0 radical (unpaired) electrons. The van der Waals surface area contributed by atoms with Crippen molar-refractivity contribution < 1.29 is 19.8 Å². The lowest BCUT2D eigenvalue weighted by Gasteiger charge is -2.30. The molecule has 0 saturated heterocycles. The second-order valence-electron chi connectivity index (χ2n) is 7.83. The zero-order valence-corrected chi connectivity index (χ0v) is 16.4. The molecule has 0 aromatic carbocycles. The first-order valence-electron chi connectivity index (χ1n) is 9.75. The van der Waals surface area contributed by atoms with Crippen LogP contribution in [-0.4, -0.2) is 28.1 Å². The summed E-state index contributed by atoms with van der Waals surface area (Å²) in [5.41, 5.74) is 0.618. The predicted octanol–water partition coefficient (Wildman–Crippen LogP) is 4.84. The minimum atomic E-state index is -0.770. The Kier molecular flexibility index (Phi) is 9.57. The first-order chi connectivity index (χ1) is 12.3. The van der Waals surface area contributed by atoms with Gasteiger partial charge in [-0.1, -0.05) is 57.9 Å². The second-order valence-corrected chi connectivity index (χ2v) is 7.83. The summed E-state index contributed by atoms with van der Waals surface area (Å²) in [7, 11) is 0. The van der Waals surface area contributed by atoms with E-state index in [0.717, 1.165) is 37.7 Å². The van der Waals surface area contributed by atoms with Crippen LogP contribution in [0.15, 0.2) is 36.0 Å². The standard InChI is InChI=1S/C22H34O4/c1-4-5-16-22(2,3)20(24)15-13-18-17(12-14-19(18)23)10-8-6-7-9-11-21(25)26/h6,8,12-14,17,20,24H,4-5,7,9-11,15-16H2,1-3H3,(H,25,26)/b8-6-,18-13+. The molecule has 0 fully saturated rings. The highest BCUT2D eigenvalue weighted by Gasteiger charge is 2.28. The van der Waals surface area contributed by atoms with Crippen LogP contribution in [-0.2, 0) is 9.59 Å². The number of aliphatic hydroxyl groups is 1. The molecule has 0 heterocycles. The summed E-state index contributed by atoms with van der Waals surface area (Å²) in [6.07, 6.45) is 15.0. The van der Waals surface area contributed by atoms with Gasteiger partial charge in [-0.25, -0.2) is 0 Å². The summed E-state index contributed by atoms with van der Waals surface area (Å²) in [6, 6.07) is 0. The van der Waals surface area contributed by atoms with Crippen LogP contribution in [0.1, 0.15) is 72.1 Å². The summed E-state index contributed by atoms with van der Waals surface area (Å²) in [5, 5.41) is 19.1. The zero-order valence-electron chi connectivity index (χ0n) is 16.4. The van der Waals surface area contributed by atoms with Gasteiger partial charge in [0.1, 0.15) is 0 Å². The van der Waals surface area contributed by atoms with Crippen LogP contribution in [0.5, 0.6) is 0 Å². The molecule has 1 aliphatic carbocycles. The van der Waals surface area contributed by atoms with Crippen molar-refractivity contribution in [3.05, 3.63) is 36.0 Å². The third kappa shape index (κ3) is 7.69. The number of carboxylic acids is 1. The number of aliphatic carboxylic acids is 1. The van der Waals surface area contributed by atoms with E-state index in [4.69, 9.17) is 5.11 Å². The van der Waals surface area contributed by atoms with Crippen LogP contribution in [0.4, 0.5) is 0 Å². The van der Waals surface area contributed by atoms with Gasteiger partial charge in [0.2, 0.25) is 0 Å². The maximum absolute atomic E-state index is 12.1. The highest BCUT2D eigenvalue weighted by Crippen LogP contribution is 2.32. The van der Waals surface area contributed by atoms with Crippen molar-refractivity contribution in [2.45, 2.75) is 78.2 Å². The number of hydrogen-bond donors (Lipinski definition) is 2. The molecule has 146 valence electrons. The molecule has 26 heavy (non-hydrogen) atoms. The van der Waals surface area contributed by atoms with E-state index in [1.165, 1.54) is 0 Å². The molecule has 2 N–H and O–H groups in total. The molecule has 4 nitrogen and oxygen atoms in total. The summed E-state index contributed by atoms with van der Waals surface area (Å²) >= 11 is 0. The Morgan fingerprint density at radius 1 is 1.31 bits per heavy atom. The fraction of sp³-hybridized carbons (Fsp3) is 0.636. The molecule has 1 rings (SSSR count). The molecule has 0 aromatic heterocycles. The van der Waals surface area contributed by atoms with Crippen molar-refractivity contribution in [2.75, 3.05) is 0 Å². The lowest BCUT2D eigenvalue weighted by molar-refractivity contribution is -0.137. The average Bonchev–Trinajstić information content (AvgIpc) is 2.93. The minimum absolute atomic E-state index is 0.0350. The van der Waals surface area contributed by atoms with Gasteiger partial charge in [0, 0.05) is 17.9 Å². The van der Waals surface area contributed by atoms with Crippen LogP contribution in [0.2, 0.25) is 0 Å².